The molecule has 6 heteroatoms. The van der Waals surface area contributed by atoms with E-state index in [1.165, 1.54) is 23.5 Å². The van der Waals surface area contributed by atoms with Crippen LogP contribution in [0.4, 0.5) is 15.2 Å². The number of hydrogen-bond acceptors (Lipinski definition) is 4. The number of anilines is 2. The molecule has 0 radical (unpaired) electrons. The Hall–Kier alpha value is -2.73. The van der Waals surface area contributed by atoms with Gasteiger partial charge in [-0.2, -0.15) is 0 Å². The van der Waals surface area contributed by atoms with Crippen molar-refractivity contribution in [2.45, 2.75) is 13.3 Å². The lowest BCUT2D eigenvalue weighted by molar-refractivity contribution is -0.114. The van der Waals surface area contributed by atoms with Gasteiger partial charge in [0.2, 0.25) is 5.91 Å². The highest BCUT2D eigenvalue weighted by molar-refractivity contribution is 7.15. The molecule has 2 N–H and O–H groups in total. The Morgan fingerprint density at radius 3 is 2.68 bits per heavy atom. The van der Waals surface area contributed by atoms with Gasteiger partial charge in [0.05, 0.1) is 6.54 Å². The Morgan fingerprint density at radius 2 is 1.92 bits per heavy atom. The predicted molar refractivity (Wildman–Crippen MR) is 99.6 cm³/mol. The number of aryl methyl sites for hydroxylation is 1. The van der Waals surface area contributed by atoms with Crippen molar-refractivity contribution in [3.63, 3.8) is 0 Å². The van der Waals surface area contributed by atoms with Gasteiger partial charge in [-0.05, 0) is 36.2 Å². The third-order valence-corrected chi connectivity index (χ3v) is 4.59. The first-order valence-electron chi connectivity index (χ1n) is 7.88. The van der Waals surface area contributed by atoms with E-state index >= 15 is 0 Å². The Kier molecular flexibility index (Phi) is 5.40. The maximum atomic E-state index is 12.9. The van der Waals surface area contributed by atoms with E-state index in [4.69, 9.17) is 0 Å². The number of para-hydroxylation sites is 1. The molecule has 4 nitrogen and oxygen atoms in total. The fourth-order valence-electron chi connectivity index (χ4n) is 2.36. The fourth-order valence-corrected chi connectivity index (χ4v) is 3.22. The van der Waals surface area contributed by atoms with E-state index in [0.29, 0.717) is 11.6 Å². The van der Waals surface area contributed by atoms with Gasteiger partial charge in [-0.1, -0.05) is 30.3 Å². The number of benzene rings is 2. The van der Waals surface area contributed by atoms with E-state index in [0.717, 1.165) is 21.7 Å². The molecule has 1 amide bonds. The van der Waals surface area contributed by atoms with E-state index in [1.807, 2.05) is 31.2 Å². The maximum Gasteiger partial charge on any atom is 0.245 e. The summed E-state index contributed by atoms with van der Waals surface area (Å²) in [6, 6.07) is 14.2. The van der Waals surface area contributed by atoms with Crippen LogP contribution in [0.3, 0.4) is 0 Å². The molecule has 0 saturated heterocycles. The molecule has 128 valence electrons. The minimum atomic E-state index is -0.248. The summed E-state index contributed by atoms with van der Waals surface area (Å²) in [6.07, 6.45) is 2.40. The number of carbonyl (C=O) groups is 1. The largest absolute Gasteiger partial charge is 0.376 e. The number of aromatic nitrogens is 1. The van der Waals surface area contributed by atoms with Gasteiger partial charge in [-0.15, -0.1) is 11.3 Å². The molecule has 0 spiro atoms. The SMILES string of the molecule is Cc1ccccc1NCC(=O)Nc1ncc(Cc2ccc(F)cc2)s1. The summed E-state index contributed by atoms with van der Waals surface area (Å²) in [7, 11) is 0. The van der Waals surface area contributed by atoms with Crippen molar-refractivity contribution in [3.8, 4) is 0 Å². The van der Waals surface area contributed by atoms with Crippen molar-refractivity contribution in [2.24, 2.45) is 0 Å². The molecule has 1 heterocycles. The summed E-state index contributed by atoms with van der Waals surface area (Å²) < 4.78 is 12.9. The van der Waals surface area contributed by atoms with E-state index in [2.05, 4.69) is 15.6 Å². The molecule has 3 aromatic rings. The Labute approximate surface area is 149 Å². The summed E-state index contributed by atoms with van der Waals surface area (Å²) in [6.45, 7) is 2.17. The normalized spacial score (nSPS) is 10.5. The highest BCUT2D eigenvalue weighted by atomic mass is 32.1. The number of thiazole rings is 1. The van der Waals surface area contributed by atoms with Crippen LogP contribution in [0.25, 0.3) is 0 Å². The molecule has 0 saturated carbocycles. The fraction of sp³-hybridized carbons (Fsp3) is 0.158. The van der Waals surface area contributed by atoms with Gasteiger partial charge in [0.25, 0.3) is 0 Å². The van der Waals surface area contributed by atoms with Crippen molar-refractivity contribution in [1.82, 2.24) is 4.98 Å². The van der Waals surface area contributed by atoms with E-state index < -0.39 is 0 Å². The molecule has 0 unspecified atom stereocenters. The first kappa shape index (κ1) is 17.1. The Morgan fingerprint density at radius 1 is 1.16 bits per heavy atom. The highest BCUT2D eigenvalue weighted by Crippen LogP contribution is 2.21. The Balaban J connectivity index is 1.53. The van der Waals surface area contributed by atoms with Crippen molar-refractivity contribution >= 4 is 28.1 Å². The molecular weight excluding hydrogens is 337 g/mol. The number of nitrogens with zero attached hydrogens (tertiary/aromatic N) is 1. The topological polar surface area (TPSA) is 54.0 Å². The summed E-state index contributed by atoms with van der Waals surface area (Å²) >= 11 is 1.42. The van der Waals surface area contributed by atoms with Crippen molar-refractivity contribution < 1.29 is 9.18 Å². The smallest absolute Gasteiger partial charge is 0.245 e. The molecule has 3 rings (SSSR count). The van der Waals surface area contributed by atoms with Gasteiger partial charge in [-0.3, -0.25) is 4.79 Å². The third kappa shape index (κ3) is 4.87. The monoisotopic (exact) mass is 355 g/mol. The highest BCUT2D eigenvalue weighted by Gasteiger charge is 2.08. The summed E-state index contributed by atoms with van der Waals surface area (Å²) in [5.74, 6) is -0.395. The number of amides is 1. The zero-order chi connectivity index (χ0) is 17.6. The molecule has 0 aliphatic heterocycles. The lowest BCUT2D eigenvalue weighted by Crippen LogP contribution is -2.21. The molecule has 0 atom stereocenters. The minimum absolute atomic E-state index is 0.147. The van der Waals surface area contributed by atoms with Crippen LogP contribution in [-0.2, 0) is 11.2 Å². The van der Waals surface area contributed by atoms with Crippen LogP contribution in [0.1, 0.15) is 16.0 Å². The summed E-state index contributed by atoms with van der Waals surface area (Å²) in [4.78, 5) is 17.3. The van der Waals surface area contributed by atoms with E-state index in [-0.39, 0.29) is 18.3 Å². The van der Waals surface area contributed by atoms with Gasteiger partial charge in [0.1, 0.15) is 5.82 Å². The first-order chi connectivity index (χ1) is 12.1. The second-order valence-electron chi connectivity index (χ2n) is 5.65. The minimum Gasteiger partial charge on any atom is -0.376 e. The van der Waals surface area contributed by atoms with Gasteiger partial charge in [-0.25, -0.2) is 9.37 Å². The number of halogens is 1. The zero-order valence-corrected chi connectivity index (χ0v) is 14.6. The lowest BCUT2D eigenvalue weighted by atomic mass is 10.1. The van der Waals surface area contributed by atoms with Crippen molar-refractivity contribution in [2.75, 3.05) is 17.2 Å². The van der Waals surface area contributed by atoms with Gasteiger partial charge in [0.15, 0.2) is 5.13 Å². The molecule has 25 heavy (non-hydrogen) atoms. The van der Waals surface area contributed by atoms with E-state index in [9.17, 15) is 9.18 Å². The second kappa shape index (κ2) is 7.90. The molecule has 0 bridgehead atoms. The summed E-state index contributed by atoms with van der Waals surface area (Å²) in [5.41, 5.74) is 3.03. The predicted octanol–water partition coefficient (Wildman–Crippen LogP) is 4.23. The third-order valence-electron chi connectivity index (χ3n) is 3.68. The van der Waals surface area contributed by atoms with Crippen LogP contribution >= 0.6 is 11.3 Å². The Bertz CT molecular complexity index is 861. The van der Waals surface area contributed by atoms with Crippen LogP contribution in [0.15, 0.2) is 54.7 Å². The van der Waals surface area contributed by atoms with Crippen LogP contribution < -0.4 is 10.6 Å². The van der Waals surface area contributed by atoms with Gasteiger partial charge < -0.3 is 10.6 Å². The molecule has 2 aromatic carbocycles. The molecule has 0 aliphatic rings. The number of hydrogen-bond donors (Lipinski definition) is 2. The first-order valence-corrected chi connectivity index (χ1v) is 8.70. The average molecular weight is 355 g/mol. The van der Waals surface area contributed by atoms with Gasteiger partial charge >= 0.3 is 0 Å². The molecule has 0 aliphatic carbocycles. The van der Waals surface area contributed by atoms with Gasteiger partial charge in [0, 0.05) is 23.2 Å². The molecule has 1 aromatic heterocycles. The number of carbonyl (C=O) groups excluding carboxylic acids is 1. The molecule has 0 fully saturated rings. The van der Waals surface area contributed by atoms with E-state index in [1.54, 1.807) is 18.3 Å². The standard InChI is InChI=1S/C19H18FN3OS/c1-13-4-2-3-5-17(13)21-12-18(24)23-19-22-11-16(25-19)10-14-6-8-15(20)9-7-14/h2-9,11,21H,10,12H2,1H3,(H,22,23,24). The van der Waals surface area contributed by atoms with Crippen LogP contribution in [0.5, 0.6) is 0 Å². The maximum absolute atomic E-state index is 12.9. The second-order valence-corrected chi connectivity index (χ2v) is 6.77. The van der Waals surface area contributed by atoms with Crippen molar-refractivity contribution in [1.29, 1.82) is 0 Å². The number of rotatable bonds is 6. The summed E-state index contributed by atoms with van der Waals surface area (Å²) in [5, 5.41) is 6.47. The van der Waals surface area contributed by atoms with Crippen LogP contribution in [-0.4, -0.2) is 17.4 Å². The quantitative estimate of drug-likeness (QED) is 0.696. The van der Waals surface area contributed by atoms with Crippen LogP contribution in [0, 0.1) is 12.7 Å². The van der Waals surface area contributed by atoms with Crippen molar-refractivity contribution in [3.05, 3.63) is 76.5 Å². The van der Waals surface area contributed by atoms with Crippen LogP contribution in [0.2, 0.25) is 0 Å². The average Bonchev–Trinajstić information content (AvgIpc) is 3.03. The number of nitrogens with one attached hydrogen (secondary N) is 2. The lowest BCUT2D eigenvalue weighted by Gasteiger charge is -2.08. The zero-order valence-electron chi connectivity index (χ0n) is 13.8. The molecular formula is C19H18FN3OS.